The fraction of sp³-hybridized carbons (Fsp3) is 0.667. The number of hydrogen-bond donors (Lipinski definition) is 2. The molecule has 1 aromatic heterocycles. The maximum Gasteiger partial charge on any atom is 0.163 e. The molecule has 1 aliphatic rings. The van der Waals surface area contributed by atoms with Crippen molar-refractivity contribution in [1.82, 2.24) is 10.2 Å². The lowest BCUT2D eigenvalue weighted by atomic mass is 10.3. The van der Waals surface area contributed by atoms with Gasteiger partial charge in [-0.15, -0.1) is 0 Å². The summed E-state index contributed by atoms with van der Waals surface area (Å²) in [6.07, 6.45) is -1.17. The van der Waals surface area contributed by atoms with Crippen LogP contribution in [0, 0.1) is 0 Å². The van der Waals surface area contributed by atoms with Crippen molar-refractivity contribution in [3.8, 4) is 0 Å². The minimum absolute atomic E-state index is 0.209. The number of aromatic nitrogens is 2. The highest BCUT2D eigenvalue weighted by Crippen LogP contribution is 2.22. The largest absolute Gasteiger partial charge is 0.368 e. The minimum atomic E-state index is -2.62. The van der Waals surface area contributed by atoms with Crippen molar-refractivity contribution in [2.75, 3.05) is 18.4 Å². The van der Waals surface area contributed by atoms with Crippen LogP contribution in [0.1, 0.15) is 20.7 Å². The van der Waals surface area contributed by atoms with E-state index in [-0.39, 0.29) is 5.82 Å². The van der Waals surface area contributed by atoms with Gasteiger partial charge in [-0.1, -0.05) is 0 Å². The lowest BCUT2D eigenvalue weighted by Gasteiger charge is -2.17. The van der Waals surface area contributed by atoms with E-state index in [4.69, 9.17) is 16.3 Å². The Morgan fingerprint density at radius 1 is 2.00 bits per heavy atom. The van der Waals surface area contributed by atoms with E-state index in [2.05, 4.69) is 15.5 Å². The molecule has 1 saturated heterocycles. The zero-order valence-corrected chi connectivity index (χ0v) is 7.92. The number of hydrogen-bond acceptors (Lipinski definition) is 4. The van der Waals surface area contributed by atoms with Gasteiger partial charge < -0.3 is 14.8 Å². The van der Waals surface area contributed by atoms with E-state index in [1.807, 2.05) is 0 Å². The highest BCUT2D eigenvalue weighted by molar-refractivity contribution is 5.31. The third-order valence-corrected chi connectivity index (χ3v) is 1.55. The lowest BCUT2D eigenvalue weighted by molar-refractivity contribution is -0.136. The molecule has 0 radical (unpaired) electrons. The second kappa shape index (κ2) is 3.59. The summed E-state index contributed by atoms with van der Waals surface area (Å²) in [6, 6.07) is 1.46. The van der Waals surface area contributed by atoms with E-state index < -0.39 is 24.9 Å². The van der Waals surface area contributed by atoms with Crippen LogP contribution >= 0.6 is 0 Å². The molecular formula is C9H15N3O2. The summed E-state index contributed by atoms with van der Waals surface area (Å²) in [5.41, 5.74) is 0. The Morgan fingerprint density at radius 2 is 2.86 bits per heavy atom. The molecule has 0 unspecified atom stereocenters. The fourth-order valence-corrected chi connectivity index (χ4v) is 0.957. The van der Waals surface area contributed by atoms with Crippen LogP contribution in [0.3, 0.4) is 0 Å². The lowest BCUT2D eigenvalue weighted by Crippen LogP contribution is -2.26. The summed E-state index contributed by atoms with van der Waals surface area (Å²) < 4.78 is 49.4. The minimum Gasteiger partial charge on any atom is -0.368 e. The number of nitrogens with one attached hydrogen (secondary N) is 2. The molecule has 0 saturated carbocycles. The van der Waals surface area contributed by atoms with Gasteiger partial charge in [-0.25, -0.2) is 0 Å². The van der Waals surface area contributed by atoms with Gasteiger partial charge in [0, 0.05) is 6.50 Å². The Morgan fingerprint density at radius 3 is 3.43 bits per heavy atom. The van der Waals surface area contributed by atoms with Gasteiger partial charge in [-0.2, -0.15) is 5.10 Å². The van der Waals surface area contributed by atoms with Gasteiger partial charge in [0.2, 0.25) is 0 Å². The molecule has 1 aromatic rings. The predicted molar refractivity (Wildman–Crippen MR) is 52.0 cm³/mol. The average Bonchev–Trinajstić information content (AvgIpc) is 2.71. The molecule has 0 spiro atoms. The number of nitrogens with zero attached hydrogens (tertiary/aromatic N) is 1. The van der Waals surface area contributed by atoms with Gasteiger partial charge in [-0.05, 0) is 19.9 Å². The first-order chi connectivity index (χ1) is 8.49. The van der Waals surface area contributed by atoms with Crippen LogP contribution in [0.25, 0.3) is 0 Å². The first-order valence-corrected chi connectivity index (χ1v) is 4.17. The van der Waals surface area contributed by atoms with Gasteiger partial charge >= 0.3 is 0 Å². The molecule has 0 aromatic carbocycles. The Hall–Kier alpha value is -1.07. The molecule has 5 heteroatoms. The Bertz CT molecular complexity index is 464. The summed E-state index contributed by atoms with van der Waals surface area (Å²) in [4.78, 5) is 0. The van der Waals surface area contributed by atoms with Crippen molar-refractivity contribution in [2.45, 2.75) is 25.7 Å². The number of aromatic amines is 1. The van der Waals surface area contributed by atoms with Crippen LogP contribution in [0.5, 0.6) is 0 Å². The van der Waals surface area contributed by atoms with Gasteiger partial charge in [0.1, 0.15) is 11.9 Å². The van der Waals surface area contributed by atoms with Crippen molar-refractivity contribution in [3.63, 3.8) is 0 Å². The molecule has 78 valence electrons. The van der Waals surface area contributed by atoms with Crippen molar-refractivity contribution >= 4 is 5.82 Å². The smallest absolute Gasteiger partial charge is 0.163 e. The van der Waals surface area contributed by atoms with Crippen molar-refractivity contribution in [2.24, 2.45) is 0 Å². The molecule has 0 bridgehead atoms. The molecular weight excluding hydrogens is 182 g/mol. The highest BCUT2D eigenvalue weighted by atomic mass is 16.7. The van der Waals surface area contributed by atoms with Crippen LogP contribution in [-0.2, 0) is 9.47 Å². The fourth-order valence-electron chi connectivity index (χ4n) is 0.957. The van der Waals surface area contributed by atoms with Crippen LogP contribution in [0.4, 0.5) is 5.82 Å². The molecule has 0 amide bonds. The molecule has 2 rings (SSSR count). The maximum absolute atomic E-state index is 8.05. The Kier molecular flexibility index (Phi) is 1.32. The molecule has 1 atom stereocenters. The third-order valence-electron chi connectivity index (χ3n) is 1.55. The zero-order chi connectivity index (χ0) is 14.5. The number of anilines is 1. The van der Waals surface area contributed by atoms with Gasteiger partial charge in [0.05, 0.1) is 19.6 Å². The number of ether oxygens (including phenoxy) is 2. The summed E-state index contributed by atoms with van der Waals surface area (Å²) in [7, 11) is 0. The molecule has 1 aliphatic heterocycles. The van der Waals surface area contributed by atoms with E-state index in [9.17, 15) is 0 Å². The SMILES string of the molecule is [2H]C([2H])(Nc1ccn[nH]1)[C@@]1([2H])OC(C)(C)OC1([2H])[2H]. The second-order valence-electron chi connectivity index (χ2n) is 3.26. The van der Waals surface area contributed by atoms with Crippen molar-refractivity contribution in [3.05, 3.63) is 12.3 Å². The Balaban J connectivity index is 2.32. The van der Waals surface area contributed by atoms with E-state index in [0.717, 1.165) is 0 Å². The second-order valence-corrected chi connectivity index (χ2v) is 3.26. The van der Waals surface area contributed by atoms with Crippen molar-refractivity contribution < 1.29 is 16.3 Å². The van der Waals surface area contributed by atoms with Gasteiger partial charge in [0.25, 0.3) is 0 Å². The quantitative estimate of drug-likeness (QED) is 0.767. The van der Waals surface area contributed by atoms with E-state index in [0.29, 0.717) is 0 Å². The Labute approximate surface area is 89.8 Å². The number of rotatable bonds is 3. The molecule has 0 aliphatic carbocycles. The first-order valence-electron chi connectivity index (χ1n) is 6.67. The van der Waals surface area contributed by atoms with E-state index in [1.54, 1.807) is 0 Å². The van der Waals surface area contributed by atoms with Crippen molar-refractivity contribution in [1.29, 1.82) is 0 Å². The molecule has 14 heavy (non-hydrogen) atoms. The topological polar surface area (TPSA) is 59.2 Å². The molecule has 5 nitrogen and oxygen atoms in total. The third kappa shape index (κ3) is 2.24. The molecule has 2 N–H and O–H groups in total. The summed E-state index contributed by atoms with van der Waals surface area (Å²) >= 11 is 0. The normalized spacial score (nSPS) is 40.3. The van der Waals surface area contributed by atoms with E-state index in [1.165, 1.54) is 26.1 Å². The van der Waals surface area contributed by atoms with Crippen LogP contribution in [0.15, 0.2) is 12.3 Å². The summed E-state index contributed by atoms with van der Waals surface area (Å²) in [5, 5.41) is 8.48. The molecule has 1 fully saturated rings. The maximum atomic E-state index is 8.05. The van der Waals surface area contributed by atoms with E-state index >= 15 is 0 Å². The van der Waals surface area contributed by atoms with Gasteiger partial charge in [0.15, 0.2) is 5.79 Å². The number of H-pyrrole nitrogens is 1. The monoisotopic (exact) mass is 202 g/mol. The summed E-state index contributed by atoms with van der Waals surface area (Å²) in [5.74, 6) is -1.19. The average molecular weight is 202 g/mol. The van der Waals surface area contributed by atoms with Crippen LogP contribution < -0.4 is 5.32 Å². The molecule has 2 heterocycles. The first kappa shape index (κ1) is 5.14. The predicted octanol–water partition coefficient (Wildman–Crippen LogP) is 0.973. The highest BCUT2D eigenvalue weighted by Gasteiger charge is 2.32. The standard InChI is InChI=1S/C9H15N3O2/c1-9(2)13-6-7(14-9)5-10-8-3-4-11-12-8/h3-4,7H,5-6H2,1-2H3,(H2,10,11,12)/t7-/m1/s1/i5D2,6D2,7D. The van der Waals surface area contributed by atoms with Gasteiger partial charge in [-0.3, -0.25) is 5.10 Å². The zero-order valence-electron chi connectivity index (χ0n) is 12.9. The van der Waals surface area contributed by atoms with Crippen LogP contribution in [-0.4, -0.2) is 35.1 Å². The van der Waals surface area contributed by atoms with Crippen LogP contribution in [0.2, 0.25) is 0 Å². The summed E-state index contributed by atoms with van der Waals surface area (Å²) in [6.45, 7) is -2.31.